The molecule has 0 aliphatic rings. The Morgan fingerprint density at radius 2 is 1.93 bits per heavy atom. The lowest BCUT2D eigenvalue weighted by Crippen LogP contribution is -1.90. The molecule has 0 saturated heterocycles. The summed E-state index contributed by atoms with van der Waals surface area (Å²) in [4.78, 5) is 0. The molecule has 0 aliphatic carbocycles. The molecule has 0 aliphatic heterocycles. The Bertz CT molecular complexity index is 451. The van der Waals surface area contributed by atoms with E-state index in [0.29, 0.717) is 5.75 Å². The molecule has 0 bridgehead atoms. The second-order valence-electron chi connectivity index (χ2n) is 3.13. The standard InChI is InChI=1S/C12H12OS/c1-13-12-7-6-9-4-2-3-5-10(9)11(12)8-14/h2-7,14H,8H2,1H3. The van der Waals surface area contributed by atoms with Crippen LogP contribution in [0.5, 0.6) is 5.75 Å². The van der Waals surface area contributed by atoms with Crippen LogP contribution < -0.4 is 4.74 Å². The number of ether oxygens (including phenoxy) is 1. The highest BCUT2D eigenvalue weighted by Gasteiger charge is 2.05. The van der Waals surface area contributed by atoms with Gasteiger partial charge in [0.1, 0.15) is 5.75 Å². The fourth-order valence-corrected chi connectivity index (χ4v) is 2.00. The molecular formula is C12H12OS. The molecule has 14 heavy (non-hydrogen) atoms. The number of hydrogen-bond donors (Lipinski definition) is 1. The van der Waals surface area contributed by atoms with Crippen molar-refractivity contribution in [1.29, 1.82) is 0 Å². The first-order valence-corrected chi connectivity index (χ1v) is 5.15. The molecule has 0 N–H and O–H groups in total. The summed E-state index contributed by atoms with van der Waals surface area (Å²) in [5, 5.41) is 2.46. The Kier molecular flexibility index (Phi) is 2.64. The Balaban J connectivity index is 2.77. The maximum Gasteiger partial charge on any atom is 0.123 e. The van der Waals surface area contributed by atoms with E-state index in [-0.39, 0.29) is 0 Å². The van der Waals surface area contributed by atoms with Gasteiger partial charge in [-0.1, -0.05) is 30.3 Å². The fourth-order valence-electron chi connectivity index (χ4n) is 1.67. The number of rotatable bonds is 2. The van der Waals surface area contributed by atoms with Crippen LogP contribution in [0.2, 0.25) is 0 Å². The van der Waals surface area contributed by atoms with E-state index in [1.807, 2.05) is 18.2 Å². The van der Waals surface area contributed by atoms with Crippen LogP contribution in [-0.2, 0) is 5.75 Å². The van der Waals surface area contributed by atoms with Crippen LogP contribution in [0.3, 0.4) is 0 Å². The van der Waals surface area contributed by atoms with Crippen LogP contribution in [0.1, 0.15) is 5.56 Å². The van der Waals surface area contributed by atoms with Gasteiger partial charge in [-0.2, -0.15) is 12.6 Å². The summed E-state index contributed by atoms with van der Waals surface area (Å²) in [7, 11) is 1.69. The van der Waals surface area contributed by atoms with E-state index in [1.54, 1.807) is 7.11 Å². The van der Waals surface area contributed by atoms with Crippen molar-refractivity contribution in [2.75, 3.05) is 7.11 Å². The number of methoxy groups -OCH3 is 1. The molecule has 2 aromatic rings. The van der Waals surface area contributed by atoms with E-state index in [0.717, 1.165) is 11.3 Å². The van der Waals surface area contributed by atoms with Crippen LogP contribution in [0.4, 0.5) is 0 Å². The minimum Gasteiger partial charge on any atom is -0.496 e. The highest BCUT2D eigenvalue weighted by molar-refractivity contribution is 7.79. The summed E-state index contributed by atoms with van der Waals surface area (Å²) in [6.07, 6.45) is 0. The maximum absolute atomic E-state index is 5.30. The van der Waals surface area contributed by atoms with Gasteiger partial charge in [-0.15, -0.1) is 0 Å². The predicted octanol–water partition coefficient (Wildman–Crippen LogP) is 3.28. The maximum atomic E-state index is 5.30. The number of fused-ring (bicyclic) bond motifs is 1. The van der Waals surface area contributed by atoms with Crippen molar-refractivity contribution in [2.45, 2.75) is 5.75 Å². The van der Waals surface area contributed by atoms with Crippen molar-refractivity contribution >= 4 is 23.4 Å². The Morgan fingerprint density at radius 3 is 2.64 bits per heavy atom. The summed E-state index contributed by atoms with van der Waals surface area (Å²) in [5.74, 6) is 1.61. The zero-order valence-electron chi connectivity index (χ0n) is 8.03. The molecule has 0 radical (unpaired) electrons. The molecule has 0 saturated carbocycles. The highest BCUT2D eigenvalue weighted by Crippen LogP contribution is 2.28. The zero-order chi connectivity index (χ0) is 9.97. The third-order valence-electron chi connectivity index (χ3n) is 2.38. The molecule has 2 rings (SSSR count). The zero-order valence-corrected chi connectivity index (χ0v) is 8.92. The molecule has 0 fully saturated rings. The second kappa shape index (κ2) is 3.93. The minimum absolute atomic E-state index is 0.699. The average molecular weight is 204 g/mol. The molecule has 0 heterocycles. The van der Waals surface area contributed by atoms with Gasteiger partial charge in [0.25, 0.3) is 0 Å². The van der Waals surface area contributed by atoms with Crippen LogP contribution >= 0.6 is 12.6 Å². The van der Waals surface area contributed by atoms with E-state index in [1.165, 1.54) is 10.8 Å². The molecule has 0 aromatic heterocycles. The van der Waals surface area contributed by atoms with Gasteiger partial charge in [0.05, 0.1) is 7.11 Å². The Labute approximate surface area is 89.1 Å². The van der Waals surface area contributed by atoms with Gasteiger partial charge in [-0.3, -0.25) is 0 Å². The molecule has 0 atom stereocenters. The van der Waals surface area contributed by atoms with Gasteiger partial charge in [-0.05, 0) is 16.8 Å². The van der Waals surface area contributed by atoms with Crippen molar-refractivity contribution in [3.63, 3.8) is 0 Å². The molecule has 2 heteroatoms. The highest BCUT2D eigenvalue weighted by atomic mass is 32.1. The Hall–Kier alpha value is -1.15. The Morgan fingerprint density at radius 1 is 1.14 bits per heavy atom. The summed E-state index contributed by atoms with van der Waals surface area (Å²) in [6, 6.07) is 12.3. The molecule has 1 nitrogen and oxygen atoms in total. The third kappa shape index (κ3) is 1.46. The molecule has 0 unspecified atom stereocenters. The number of hydrogen-bond acceptors (Lipinski definition) is 2. The summed E-state index contributed by atoms with van der Waals surface area (Å²) in [5.41, 5.74) is 1.16. The lowest BCUT2D eigenvalue weighted by atomic mass is 10.0. The largest absolute Gasteiger partial charge is 0.496 e. The molecule has 2 aromatic carbocycles. The third-order valence-corrected chi connectivity index (χ3v) is 2.69. The summed E-state index contributed by atoms with van der Waals surface area (Å²) < 4.78 is 5.30. The quantitative estimate of drug-likeness (QED) is 0.739. The average Bonchev–Trinajstić information content (AvgIpc) is 2.27. The topological polar surface area (TPSA) is 9.23 Å². The van der Waals surface area contributed by atoms with Gasteiger partial charge in [-0.25, -0.2) is 0 Å². The van der Waals surface area contributed by atoms with Gasteiger partial charge >= 0.3 is 0 Å². The second-order valence-corrected chi connectivity index (χ2v) is 3.44. The summed E-state index contributed by atoms with van der Waals surface area (Å²) >= 11 is 4.33. The van der Waals surface area contributed by atoms with Gasteiger partial charge in [0.2, 0.25) is 0 Å². The molecular weight excluding hydrogens is 192 g/mol. The lowest BCUT2D eigenvalue weighted by molar-refractivity contribution is 0.412. The van der Waals surface area contributed by atoms with Crippen molar-refractivity contribution in [3.8, 4) is 5.75 Å². The van der Waals surface area contributed by atoms with Gasteiger partial charge < -0.3 is 4.74 Å². The van der Waals surface area contributed by atoms with E-state index in [2.05, 4.69) is 30.8 Å². The van der Waals surface area contributed by atoms with E-state index in [4.69, 9.17) is 4.74 Å². The normalized spacial score (nSPS) is 10.4. The summed E-state index contributed by atoms with van der Waals surface area (Å²) in [6.45, 7) is 0. The number of benzene rings is 2. The van der Waals surface area contributed by atoms with E-state index in [9.17, 15) is 0 Å². The predicted molar refractivity (Wildman–Crippen MR) is 63.2 cm³/mol. The van der Waals surface area contributed by atoms with Crippen LogP contribution in [0.25, 0.3) is 10.8 Å². The molecule has 0 amide bonds. The molecule has 0 spiro atoms. The van der Waals surface area contributed by atoms with Crippen LogP contribution in [0.15, 0.2) is 36.4 Å². The van der Waals surface area contributed by atoms with Crippen LogP contribution in [-0.4, -0.2) is 7.11 Å². The first-order chi connectivity index (χ1) is 6.86. The van der Waals surface area contributed by atoms with Crippen LogP contribution in [0, 0.1) is 0 Å². The smallest absolute Gasteiger partial charge is 0.123 e. The number of thiol groups is 1. The monoisotopic (exact) mass is 204 g/mol. The SMILES string of the molecule is COc1ccc2ccccc2c1CS. The first kappa shape index (κ1) is 9.41. The van der Waals surface area contributed by atoms with E-state index >= 15 is 0 Å². The van der Waals surface area contributed by atoms with Crippen molar-refractivity contribution in [1.82, 2.24) is 0 Å². The van der Waals surface area contributed by atoms with Crippen molar-refractivity contribution in [2.24, 2.45) is 0 Å². The van der Waals surface area contributed by atoms with Crippen molar-refractivity contribution < 1.29 is 4.74 Å². The van der Waals surface area contributed by atoms with E-state index < -0.39 is 0 Å². The molecule has 72 valence electrons. The fraction of sp³-hybridized carbons (Fsp3) is 0.167. The van der Waals surface area contributed by atoms with Gasteiger partial charge in [0.15, 0.2) is 0 Å². The van der Waals surface area contributed by atoms with Crippen molar-refractivity contribution in [3.05, 3.63) is 42.0 Å². The first-order valence-electron chi connectivity index (χ1n) is 4.52. The minimum atomic E-state index is 0.699. The van der Waals surface area contributed by atoms with Gasteiger partial charge in [0, 0.05) is 11.3 Å². The lowest BCUT2D eigenvalue weighted by Gasteiger charge is -2.09.